The summed E-state index contributed by atoms with van der Waals surface area (Å²) in [5.41, 5.74) is 0.473. The molecule has 0 aliphatic heterocycles. The Kier molecular flexibility index (Phi) is 11.0. The molecule has 4 aromatic rings. The van der Waals surface area contributed by atoms with Crippen molar-refractivity contribution in [2.45, 2.75) is 30.0 Å². The molecule has 4 aromatic carbocycles. The molecule has 0 aromatic heterocycles. The third-order valence-electron chi connectivity index (χ3n) is 7.27. The maximum absolute atomic E-state index is 15.1. The topological polar surface area (TPSA) is 72.9 Å². The van der Waals surface area contributed by atoms with Crippen molar-refractivity contribution in [2.75, 3.05) is 33.1 Å². The van der Waals surface area contributed by atoms with E-state index in [1.165, 1.54) is 30.3 Å². The molecule has 0 amide bonds. The van der Waals surface area contributed by atoms with Gasteiger partial charge in [-0.25, -0.2) is 17.6 Å². The fourth-order valence-corrected chi connectivity index (χ4v) is 5.97. The van der Waals surface area contributed by atoms with Gasteiger partial charge in [0.2, 0.25) is 0 Å². The van der Waals surface area contributed by atoms with Crippen molar-refractivity contribution in [1.82, 2.24) is 4.90 Å². The molecule has 0 spiro atoms. The molecule has 0 bridgehead atoms. The summed E-state index contributed by atoms with van der Waals surface area (Å²) in [6.45, 7) is 0.725. The second-order valence-electron chi connectivity index (χ2n) is 10.5. The number of carbonyl (C=O) groups is 1. The van der Waals surface area contributed by atoms with E-state index in [0.29, 0.717) is 19.5 Å². The van der Waals surface area contributed by atoms with Crippen LogP contribution >= 0.6 is 0 Å². The molecule has 4 rings (SSSR count). The molecule has 0 heterocycles. The molecule has 0 saturated carbocycles. The fraction of sp³-hybridized carbons (Fsp3) is 0.265. The lowest BCUT2D eigenvalue weighted by molar-refractivity contribution is -0.140. The highest BCUT2D eigenvalue weighted by molar-refractivity contribution is 7.90. The van der Waals surface area contributed by atoms with Crippen LogP contribution in [0.3, 0.4) is 0 Å². The van der Waals surface area contributed by atoms with E-state index in [1.54, 1.807) is 0 Å². The first-order chi connectivity index (χ1) is 21.4. The molecule has 0 aliphatic rings. The third-order valence-corrected chi connectivity index (χ3v) is 8.40. The Labute approximate surface area is 260 Å². The number of carbonyl (C=O) groups excluding carboxylic acids is 1. The monoisotopic (exact) mass is 643 g/mol. The first-order valence-corrected chi connectivity index (χ1v) is 16.0. The number of hydrogen-bond donors (Lipinski definition) is 0. The van der Waals surface area contributed by atoms with Crippen molar-refractivity contribution in [3.63, 3.8) is 0 Å². The average molecular weight is 644 g/mol. The SMILES string of the molecule is COC(=O)c1ccc(OCCCN(Cc2cccc(C(F)(F)F)c2F)CC(c2ccccc2)c2ccccc2)cc1S(C)(=O)=O. The summed E-state index contributed by atoms with van der Waals surface area (Å²) in [6, 6.07) is 26.6. The maximum Gasteiger partial charge on any atom is 0.419 e. The lowest BCUT2D eigenvalue weighted by atomic mass is 9.90. The summed E-state index contributed by atoms with van der Waals surface area (Å²) in [7, 11) is -2.63. The Morgan fingerprint density at radius 1 is 0.889 bits per heavy atom. The van der Waals surface area contributed by atoms with Gasteiger partial charge in [0.25, 0.3) is 0 Å². The van der Waals surface area contributed by atoms with Crippen molar-refractivity contribution in [3.8, 4) is 5.75 Å². The Bertz CT molecular complexity index is 1660. The number of methoxy groups -OCH3 is 1. The highest BCUT2D eigenvalue weighted by Gasteiger charge is 2.35. The van der Waals surface area contributed by atoms with E-state index in [4.69, 9.17) is 4.74 Å². The molecule has 0 aliphatic carbocycles. The molecule has 0 fully saturated rings. The van der Waals surface area contributed by atoms with Gasteiger partial charge < -0.3 is 9.47 Å². The number of sulfone groups is 1. The third kappa shape index (κ3) is 8.92. The molecular weight excluding hydrogens is 610 g/mol. The molecule has 0 N–H and O–H groups in total. The van der Waals surface area contributed by atoms with E-state index in [1.807, 2.05) is 65.6 Å². The van der Waals surface area contributed by atoms with Crippen molar-refractivity contribution >= 4 is 15.8 Å². The summed E-state index contributed by atoms with van der Waals surface area (Å²) in [5.74, 6) is -2.05. The zero-order chi connectivity index (χ0) is 32.6. The number of ether oxygens (including phenoxy) is 2. The van der Waals surface area contributed by atoms with Gasteiger partial charge in [0, 0.05) is 37.4 Å². The van der Waals surface area contributed by atoms with Crippen LogP contribution in [0.15, 0.2) is 102 Å². The van der Waals surface area contributed by atoms with Crippen molar-refractivity contribution in [2.24, 2.45) is 0 Å². The van der Waals surface area contributed by atoms with E-state index in [2.05, 4.69) is 4.74 Å². The van der Waals surface area contributed by atoms with Crippen LogP contribution in [0.25, 0.3) is 0 Å². The standard InChI is InChI=1S/C34H33F4NO5S/c1-43-33(40)28-18-17-27(21-31(28)45(2,41)42)44-20-10-19-39(22-26-15-9-16-30(32(26)35)34(36,37)38)23-29(24-11-5-3-6-12-24)25-13-7-4-8-14-25/h3-9,11-18,21,29H,10,19-20,22-23H2,1-2H3. The van der Waals surface area contributed by atoms with Gasteiger partial charge in [-0.05, 0) is 41.8 Å². The Hall–Kier alpha value is -4.22. The summed E-state index contributed by atoms with van der Waals surface area (Å²) < 4.78 is 90.7. The molecular formula is C34H33F4NO5S. The highest BCUT2D eigenvalue weighted by atomic mass is 32.2. The van der Waals surface area contributed by atoms with Gasteiger partial charge in [-0.3, -0.25) is 4.90 Å². The number of esters is 1. The van der Waals surface area contributed by atoms with Gasteiger partial charge >= 0.3 is 12.1 Å². The summed E-state index contributed by atoms with van der Waals surface area (Å²) >= 11 is 0. The van der Waals surface area contributed by atoms with E-state index < -0.39 is 33.4 Å². The highest BCUT2D eigenvalue weighted by Crippen LogP contribution is 2.33. The van der Waals surface area contributed by atoms with Gasteiger partial charge in [0.15, 0.2) is 9.84 Å². The van der Waals surface area contributed by atoms with Gasteiger partial charge in [-0.1, -0.05) is 72.8 Å². The van der Waals surface area contributed by atoms with Crippen LogP contribution in [0.5, 0.6) is 5.75 Å². The second-order valence-corrected chi connectivity index (χ2v) is 12.5. The largest absolute Gasteiger partial charge is 0.494 e. The maximum atomic E-state index is 15.1. The number of rotatable bonds is 13. The molecule has 0 radical (unpaired) electrons. The molecule has 6 nitrogen and oxygen atoms in total. The Balaban J connectivity index is 1.58. The molecule has 45 heavy (non-hydrogen) atoms. The van der Waals surface area contributed by atoms with Crippen molar-refractivity contribution in [1.29, 1.82) is 0 Å². The Morgan fingerprint density at radius 2 is 1.51 bits per heavy atom. The number of halogens is 4. The van der Waals surface area contributed by atoms with Crippen LogP contribution in [-0.2, 0) is 27.3 Å². The van der Waals surface area contributed by atoms with Crippen LogP contribution in [-0.4, -0.2) is 52.3 Å². The van der Waals surface area contributed by atoms with E-state index in [9.17, 15) is 26.4 Å². The zero-order valence-electron chi connectivity index (χ0n) is 24.8. The summed E-state index contributed by atoms with van der Waals surface area (Å²) in [5, 5.41) is 0. The molecule has 0 saturated heterocycles. The molecule has 0 atom stereocenters. The van der Waals surface area contributed by atoms with Crippen LogP contribution in [0.1, 0.15) is 45.0 Å². The van der Waals surface area contributed by atoms with Crippen LogP contribution < -0.4 is 4.74 Å². The van der Waals surface area contributed by atoms with Crippen LogP contribution in [0.2, 0.25) is 0 Å². The molecule has 11 heteroatoms. The van der Waals surface area contributed by atoms with E-state index in [0.717, 1.165) is 30.6 Å². The number of benzene rings is 4. The van der Waals surface area contributed by atoms with Crippen molar-refractivity contribution < 1.29 is 40.2 Å². The van der Waals surface area contributed by atoms with Gasteiger partial charge in [0.1, 0.15) is 11.6 Å². The van der Waals surface area contributed by atoms with Crippen LogP contribution in [0, 0.1) is 5.82 Å². The van der Waals surface area contributed by atoms with Gasteiger partial charge in [0.05, 0.1) is 29.7 Å². The summed E-state index contributed by atoms with van der Waals surface area (Å²) in [6.07, 6.45) is -3.48. The first kappa shape index (κ1) is 33.7. The normalized spacial score (nSPS) is 12.0. The molecule has 238 valence electrons. The number of nitrogens with zero attached hydrogens (tertiary/aromatic N) is 1. The Morgan fingerprint density at radius 3 is 2.07 bits per heavy atom. The lowest BCUT2D eigenvalue weighted by Crippen LogP contribution is -2.31. The zero-order valence-corrected chi connectivity index (χ0v) is 25.6. The number of hydrogen-bond acceptors (Lipinski definition) is 6. The summed E-state index contributed by atoms with van der Waals surface area (Å²) in [4.78, 5) is 13.7. The average Bonchev–Trinajstić information content (AvgIpc) is 3.02. The minimum atomic E-state index is -4.83. The predicted octanol–water partition coefficient (Wildman–Crippen LogP) is 7.14. The fourth-order valence-electron chi connectivity index (χ4n) is 5.08. The smallest absolute Gasteiger partial charge is 0.419 e. The van der Waals surface area contributed by atoms with Crippen LogP contribution in [0.4, 0.5) is 17.6 Å². The number of alkyl halides is 3. The van der Waals surface area contributed by atoms with Crippen molar-refractivity contribution in [3.05, 3.63) is 131 Å². The minimum Gasteiger partial charge on any atom is -0.494 e. The minimum absolute atomic E-state index is 0.0817. The second kappa shape index (κ2) is 14.7. The van der Waals surface area contributed by atoms with Gasteiger partial charge in [-0.15, -0.1) is 0 Å². The quantitative estimate of drug-likeness (QED) is 0.0877. The van der Waals surface area contributed by atoms with E-state index in [-0.39, 0.29) is 40.8 Å². The first-order valence-electron chi connectivity index (χ1n) is 14.1. The lowest BCUT2D eigenvalue weighted by Gasteiger charge is -2.29. The van der Waals surface area contributed by atoms with E-state index >= 15 is 4.39 Å². The van der Waals surface area contributed by atoms with Gasteiger partial charge in [-0.2, -0.15) is 13.2 Å². The predicted molar refractivity (Wildman–Crippen MR) is 162 cm³/mol. The molecule has 0 unspecified atom stereocenters.